The molecule has 0 saturated carbocycles. The summed E-state index contributed by atoms with van der Waals surface area (Å²) in [5, 5.41) is 0. The Balaban J connectivity index is 2.09. The summed E-state index contributed by atoms with van der Waals surface area (Å²) >= 11 is 0. The van der Waals surface area contributed by atoms with Crippen LogP contribution in [0.3, 0.4) is 0 Å². The highest BCUT2D eigenvalue weighted by molar-refractivity contribution is 5.74. The van der Waals surface area contributed by atoms with E-state index in [4.69, 9.17) is 9.47 Å². The van der Waals surface area contributed by atoms with Gasteiger partial charge in [0.1, 0.15) is 0 Å². The predicted molar refractivity (Wildman–Crippen MR) is 95.9 cm³/mol. The lowest BCUT2D eigenvalue weighted by atomic mass is 9.74. The molecule has 5 nitrogen and oxygen atoms in total. The number of carbonyl (C=O) groups excluding carboxylic acids is 2. The smallest absolute Gasteiger partial charge is 0.306 e. The molecule has 1 aliphatic rings. The van der Waals surface area contributed by atoms with Crippen molar-refractivity contribution in [3.63, 3.8) is 0 Å². The molecule has 0 aromatic heterocycles. The molecule has 0 N–H and O–H groups in total. The zero-order valence-corrected chi connectivity index (χ0v) is 15.3. The zero-order valence-electron chi connectivity index (χ0n) is 15.3. The maximum Gasteiger partial charge on any atom is 0.306 e. The van der Waals surface area contributed by atoms with E-state index in [2.05, 4.69) is 17.0 Å². The summed E-state index contributed by atoms with van der Waals surface area (Å²) in [4.78, 5) is 26.6. The summed E-state index contributed by atoms with van der Waals surface area (Å²) < 4.78 is 10.3. The highest BCUT2D eigenvalue weighted by Crippen LogP contribution is 2.38. The van der Waals surface area contributed by atoms with Gasteiger partial charge in [0.15, 0.2) is 0 Å². The summed E-state index contributed by atoms with van der Waals surface area (Å²) in [5.74, 6) is -0.457. The van der Waals surface area contributed by atoms with Gasteiger partial charge in [0.25, 0.3) is 0 Å². The van der Waals surface area contributed by atoms with Crippen molar-refractivity contribution in [1.82, 2.24) is 4.90 Å². The van der Waals surface area contributed by atoms with Crippen molar-refractivity contribution in [1.29, 1.82) is 0 Å². The van der Waals surface area contributed by atoms with Crippen molar-refractivity contribution in [2.24, 2.45) is 5.41 Å². The standard InChI is InChI=1S/C20H29NO4/c1-3-24-18(22)13-20(14-19(23)25-4-2)11-8-12-21(16-20)15-17-9-6-5-7-10-17/h5-7,9-10H,3-4,8,11-16H2,1-2H3. The lowest BCUT2D eigenvalue weighted by Gasteiger charge is -2.42. The van der Waals surface area contributed by atoms with Gasteiger partial charge in [0.2, 0.25) is 0 Å². The third kappa shape index (κ3) is 6.16. The van der Waals surface area contributed by atoms with Crippen LogP contribution < -0.4 is 0 Å². The quantitative estimate of drug-likeness (QED) is 0.676. The number of benzene rings is 1. The first-order chi connectivity index (χ1) is 12.1. The monoisotopic (exact) mass is 347 g/mol. The van der Waals surface area contributed by atoms with Crippen LogP contribution in [0.5, 0.6) is 0 Å². The van der Waals surface area contributed by atoms with Gasteiger partial charge in [-0.25, -0.2) is 0 Å². The summed E-state index contributed by atoms with van der Waals surface area (Å²) in [5.41, 5.74) is 0.844. The molecule has 0 radical (unpaired) electrons. The molecule has 2 rings (SSSR count). The number of hydrogen-bond acceptors (Lipinski definition) is 5. The van der Waals surface area contributed by atoms with E-state index in [0.717, 1.165) is 25.9 Å². The van der Waals surface area contributed by atoms with Gasteiger partial charge in [-0.15, -0.1) is 0 Å². The molecular weight excluding hydrogens is 318 g/mol. The lowest BCUT2D eigenvalue weighted by Crippen LogP contribution is -2.45. The lowest BCUT2D eigenvalue weighted by molar-refractivity contribution is -0.152. The molecule has 5 heteroatoms. The zero-order chi connectivity index (χ0) is 18.1. The molecule has 1 aromatic rings. The fourth-order valence-corrected chi connectivity index (χ4v) is 3.67. The minimum absolute atomic E-state index is 0.228. The van der Waals surface area contributed by atoms with Crippen LogP contribution in [0.1, 0.15) is 45.1 Å². The second kappa shape index (κ2) is 9.56. The first-order valence-corrected chi connectivity index (χ1v) is 9.14. The Morgan fingerprint density at radius 3 is 2.20 bits per heavy atom. The average molecular weight is 347 g/mol. The van der Waals surface area contributed by atoms with Crippen molar-refractivity contribution in [3.8, 4) is 0 Å². The molecule has 1 heterocycles. The molecule has 0 atom stereocenters. The number of likely N-dealkylation sites (tertiary alicyclic amines) is 1. The third-order valence-corrected chi connectivity index (χ3v) is 4.64. The van der Waals surface area contributed by atoms with Crippen LogP contribution in [0.4, 0.5) is 0 Å². The molecular formula is C20H29NO4. The van der Waals surface area contributed by atoms with E-state index >= 15 is 0 Å². The van der Waals surface area contributed by atoms with E-state index in [0.29, 0.717) is 19.8 Å². The molecule has 1 aliphatic heterocycles. The molecule has 1 fully saturated rings. The van der Waals surface area contributed by atoms with Gasteiger partial charge in [-0.3, -0.25) is 14.5 Å². The van der Waals surface area contributed by atoms with Crippen molar-refractivity contribution in [2.75, 3.05) is 26.3 Å². The summed E-state index contributed by atoms with van der Waals surface area (Å²) in [7, 11) is 0. The molecule has 138 valence electrons. The van der Waals surface area contributed by atoms with Gasteiger partial charge in [-0.2, -0.15) is 0 Å². The average Bonchev–Trinajstić information content (AvgIpc) is 2.56. The van der Waals surface area contributed by atoms with E-state index < -0.39 is 5.41 Å². The van der Waals surface area contributed by atoms with E-state index in [9.17, 15) is 9.59 Å². The van der Waals surface area contributed by atoms with Gasteiger partial charge < -0.3 is 9.47 Å². The maximum atomic E-state index is 12.1. The van der Waals surface area contributed by atoms with Crippen molar-refractivity contribution < 1.29 is 19.1 Å². The SMILES string of the molecule is CCOC(=O)CC1(CC(=O)OCC)CCCN(Cc2ccccc2)C1. The maximum absolute atomic E-state index is 12.1. The molecule has 0 bridgehead atoms. The van der Waals surface area contributed by atoms with Crippen LogP contribution in [-0.4, -0.2) is 43.1 Å². The van der Waals surface area contributed by atoms with E-state index in [-0.39, 0.29) is 24.8 Å². The largest absolute Gasteiger partial charge is 0.466 e. The van der Waals surface area contributed by atoms with Crippen LogP contribution in [0, 0.1) is 5.41 Å². The highest BCUT2D eigenvalue weighted by atomic mass is 16.5. The first-order valence-electron chi connectivity index (χ1n) is 9.14. The second-order valence-electron chi connectivity index (χ2n) is 6.76. The van der Waals surface area contributed by atoms with Crippen LogP contribution in [0.2, 0.25) is 0 Å². The topological polar surface area (TPSA) is 55.8 Å². The molecule has 0 amide bonds. The Hall–Kier alpha value is -1.88. The molecule has 0 aliphatic carbocycles. The third-order valence-electron chi connectivity index (χ3n) is 4.64. The Kier molecular flexibility index (Phi) is 7.44. The van der Waals surface area contributed by atoms with Gasteiger partial charge >= 0.3 is 11.9 Å². The van der Waals surface area contributed by atoms with Gasteiger partial charge in [-0.1, -0.05) is 30.3 Å². The molecule has 1 aromatic carbocycles. The van der Waals surface area contributed by atoms with Crippen LogP contribution >= 0.6 is 0 Å². The summed E-state index contributed by atoms with van der Waals surface area (Å²) in [6.45, 7) is 6.84. The van der Waals surface area contributed by atoms with Crippen molar-refractivity contribution >= 4 is 11.9 Å². The molecule has 25 heavy (non-hydrogen) atoms. The number of ether oxygens (including phenoxy) is 2. The molecule has 1 saturated heterocycles. The number of rotatable bonds is 8. The van der Waals surface area contributed by atoms with E-state index in [1.807, 2.05) is 18.2 Å². The number of piperidine rings is 1. The Morgan fingerprint density at radius 2 is 1.64 bits per heavy atom. The number of nitrogens with zero attached hydrogens (tertiary/aromatic N) is 1. The van der Waals surface area contributed by atoms with Gasteiger partial charge in [0.05, 0.1) is 26.1 Å². The van der Waals surface area contributed by atoms with Crippen molar-refractivity contribution in [2.45, 2.75) is 46.1 Å². The van der Waals surface area contributed by atoms with E-state index in [1.54, 1.807) is 13.8 Å². The minimum atomic E-state index is -0.397. The fraction of sp³-hybridized carbons (Fsp3) is 0.600. The fourth-order valence-electron chi connectivity index (χ4n) is 3.67. The molecule has 0 spiro atoms. The Labute approximate surface area is 150 Å². The first kappa shape index (κ1) is 19.4. The van der Waals surface area contributed by atoms with E-state index in [1.165, 1.54) is 5.56 Å². The minimum Gasteiger partial charge on any atom is -0.466 e. The number of esters is 2. The normalized spacial score (nSPS) is 17.0. The van der Waals surface area contributed by atoms with Gasteiger partial charge in [0, 0.05) is 18.5 Å². The number of hydrogen-bond donors (Lipinski definition) is 0. The molecule has 0 unspecified atom stereocenters. The van der Waals surface area contributed by atoms with Crippen LogP contribution in [0.15, 0.2) is 30.3 Å². The second-order valence-corrected chi connectivity index (χ2v) is 6.76. The van der Waals surface area contributed by atoms with Crippen molar-refractivity contribution in [3.05, 3.63) is 35.9 Å². The summed E-state index contributed by atoms with van der Waals surface area (Å²) in [6.07, 6.45) is 2.34. The Morgan fingerprint density at radius 1 is 1.04 bits per heavy atom. The van der Waals surface area contributed by atoms with Gasteiger partial charge in [-0.05, 0) is 38.8 Å². The number of carbonyl (C=O) groups is 2. The van der Waals surface area contributed by atoms with Crippen LogP contribution in [0.25, 0.3) is 0 Å². The highest BCUT2D eigenvalue weighted by Gasteiger charge is 2.40. The summed E-state index contributed by atoms with van der Waals surface area (Å²) in [6, 6.07) is 10.3. The van der Waals surface area contributed by atoms with Crippen LogP contribution in [-0.2, 0) is 25.6 Å². The predicted octanol–water partition coefficient (Wildman–Crippen LogP) is 3.18. The Bertz CT molecular complexity index is 538.